The van der Waals surface area contributed by atoms with Gasteiger partial charge in [-0.3, -0.25) is 4.98 Å². The summed E-state index contributed by atoms with van der Waals surface area (Å²) in [5.41, 5.74) is -0.819. The molecule has 1 N–H and O–H groups in total. The van der Waals surface area contributed by atoms with E-state index in [1.807, 2.05) is 0 Å². The SMILES string of the molecule is Fc1ccc(C#CCNc2ccnc(C(F)(F)F)c2)c(F)c1. The minimum atomic E-state index is -4.53. The number of pyridine rings is 1. The van der Waals surface area contributed by atoms with E-state index in [0.717, 1.165) is 18.3 Å². The summed E-state index contributed by atoms with van der Waals surface area (Å²) in [6.07, 6.45) is -3.50. The number of rotatable bonds is 2. The first-order valence-electron chi connectivity index (χ1n) is 6.07. The molecule has 2 nitrogen and oxygen atoms in total. The molecule has 1 aromatic heterocycles. The fourth-order valence-corrected chi connectivity index (χ4v) is 1.57. The average molecular weight is 312 g/mol. The predicted molar refractivity (Wildman–Crippen MR) is 71.0 cm³/mol. The molecule has 2 rings (SSSR count). The number of nitrogens with one attached hydrogen (secondary N) is 1. The van der Waals surface area contributed by atoms with Gasteiger partial charge in [-0.15, -0.1) is 0 Å². The molecule has 0 saturated carbocycles. The average Bonchev–Trinajstić information content (AvgIpc) is 2.45. The second kappa shape index (κ2) is 6.43. The van der Waals surface area contributed by atoms with E-state index in [4.69, 9.17) is 0 Å². The number of anilines is 1. The first kappa shape index (κ1) is 15.8. The molecule has 0 radical (unpaired) electrons. The summed E-state index contributed by atoms with van der Waals surface area (Å²) < 4.78 is 63.4. The van der Waals surface area contributed by atoms with Crippen LogP contribution < -0.4 is 5.32 Å². The maximum absolute atomic E-state index is 13.3. The van der Waals surface area contributed by atoms with Gasteiger partial charge >= 0.3 is 6.18 Å². The zero-order valence-corrected chi connectivity index (χ0v) is 11.0. The van der Waals surface area contributed by atoms with Crippen LogP contribution in [0, 0.1) is 23.5 Å². The lowest BCUT2D eigenvalue weighted by atomic mass is 10.2. The van der Waals surface area contributed by atoms with Crippen LogP contribution in [-0.4, -0.2) is 11.5 Å². The van der Waals surface area contributed by atoms with E-state index in [0.29, 0.717) is 6.07 Å². The minimum Gasteiger partial charge on any atom is -0.374 e. The molecule has 0 unspecified atom stereocenters. The Morgan fingerprint density at radius 3 is 2.55 bits per heavy atom. The third-order valence-electron chi connectivity index (χ3n) is 2.59. The van der Waals surface area contributed by atoms with E-state index >= 15 is 0 Å². The van der Waals surface area contributed by atoms with Crippen LogP contribution in [0.15, 0.2) is 36.5 Å². The van der Waals surface area contributed by atoms with Crippen molar-refractivity contribution < 1.29 is 22.0 Å². The Kier molecular flexibility index (Phi) is 4.61. The summed E-state index contributed by atoms with van der Waals surface area (Å²) >= 11 is 0. The highest BCUT2D eigenvalue weighted by Gasteiger charge is 2.32. The standard InChI is InChI=1S/C15H9F5N2/c16-11-4-3-10(13(17)8-11)2-1-6-21-12-5-7-22-14(9-12)15(18,19)20/h3-5,7-9H,6H2,(H,21,22). The van der Waals surface area contributed by atoms with Crippen molar-refractivity contribution in [3.05, 3.63) is 59.4 Å². The Morgan fingerprint density at radius 1 is 1.09 bits per heavy atom. The van der Waals surface area contributed by atoms with Crippen molar-refractivity contribution in [3.8, 4) is 11.8 Å². The summed E-state index contributed by atoms with van der Waals surface area (Å²) in [7, 11) is 0. The maximum atomic E-state index is 13.3. The predicted octanol–water partition coefficient (Wildman–Crippen LogP) is 3.84. The van der Waals surface area contributed by atoms with E-state index in [-0.39, 0.29) is 17.8 Å². The van der Waals surface area contributed by atoms with Crippen molar-refractivity contribution in [1.29, 1.82) is 0 Å². The molecule has 0 bridgehead atoms. The molecule has 1 heterocycles. The molecule has 0 aliphatic rings. The van der Waals surface area contributed by atoms with Gasteiger partial charge in [-0.1, -0.05) is 11.8 Å². The van der Waals surface area contributed by atoms with Gasteiger partial charge in [0, 0.05) is 18.0 Å². The van der Waals surface area contributed by atoms with Gasteiger partial charge in [0.25, 0.3) is 0 Å². The van der Waals surface area contributed by atoms with E-state index in [1.165, 1.54) is 12.1 Å². The van der Waals surface area contributed by atoms with Gasteiger partial charge in [0.1, 0.15) is 17.3 Å². The summed E-state index contributed by atoms with van der Waals surface area (Å²) in [6.45, 7) is -0.00186. The van der Waals surface area contributed by atoms with Gasteiger partial charge in [0.2, 0.25) is 0 Å². The Hall–Kier alpha value is -2.62. The third-order valence-corrected chi connectivity index (χ3v) is 2.59. The number of hydrogen-bond donors (Lipinski definition) is 1. The Labute approximate surface area is 123 Å². The van der Waals surface area contributed by atoms with Crippen LogP contribution >= 0.6 is 0 Å². The van der Waals surface area contributed by atoms with Gasteiger partial charge in [0.15, 0.2) is 0 Å². The van der Waals surface area contributed by atoms with Gasteiger partial charge in [-0.05, 0) is 24.3 Å². The molecule has 0 amide bonds. The molecule has 0 aliphatic heterocycles. The van der Waals surface area contributed by atoms with Gasteiger partial charge in [-0.25, -0.2) is 8.78 Å². The third kappa shape index (κ3) is 4.19. The largest absolute Gasteiger partial charge is 0.433 e. The fraction of sp³-hybridized carbons (Fsp3) is 0.133. The molecule has 0 atom stereocenters. The lowest BCUT2D eigenvalue weighted by Gasteiger charge is -2.07. The fourth-order valence-electron chi connectivity index (χ4n) is 1.57. The molecular formula is C15H9F5N2. The molecule has 0 spiro atoms. The molecule has 2 aromatic rings. The molecule has 7 heteroatoms. The lowest BCUT2D eigenvalue weighted by Crippen LogP contribution is -2.09. The van der Waals surface area contributed by atoms with Crippen molar-refractivity contribution in [2.24, 2.45) is 0 Å². The molecule has 0 aliphatic carbocycles. The minimum absolute atomic E-state index is 0.00186. The van der Waals surface area contributed by atoms with Gasteiger partial charge in [0.05, 0.1) is 12.1 Å². The Morgan fingerprint density at radius 2 is 1.86 bits per heavy atom. The maximum Gasteiger partial charge on any atom is 0.433 e. The zero-order chi connectivity index (χ0) is 16.2. The van der Waals surface area contributed by atoms with E-state index in [2.05, 4.69) is 22.1 Å². The van der Waals surface area contributed by atoms with Crippen LogP contribution in [0.2, 0.25) is 0 Å². The van der Waals surface area contributed by atoms with E-state index in [9.17, 15) is 22.0 Å². The second-order valence-electron chi connectivity index (χ2n) is 4.21. The number of alkyl halides is 3. The number of halogens is 5. The first-order chi connectivity index (χ1) is 10.4. The van der Waals surface area contributed by atoms with Crippen molar-refractivity contribution in [2.45, 2.75) is 6.18 Å². The van der Waals surface area contributed by atoms with Crippen molar-refractivity contribution in [2.75, 3.05) is 11.9 Å². The quantitative estimate of drug-likeness (QED) is 0.673. The van der Waals surface area contributed by atoms with Crippen molar-refractivity contribution in [3.63, 3.8) is 0 Å². The number of nitrogens with zero attached hydrogens (tertiary/aromatic N) is 1. The van der Waals surface area contributed by atoms with Gasteiger partial charge in [-0.2, -0.15) is 13.2 Å². The highest BCUT2D eigenvalue weighted by Crippen LogP contribution is 2.28. The van der Waals surface area contributed by atoms with Crippen LogP contribution in [0.4, 0.5) is 27.6 Å². The topological polar surface area (TPSA) is 24.9 Å². The Bertz CT molecular complexity index is 729. The van der Waals surface area contributed by atoms with Gasteiger partial charge < -0.3 is 5.32 Å². The van der Waals surface area contributed by atoms with Crippen LogP contribution in [0.25, 0.3) is 0 Å². The number of aromatic nitrogens is 1. The van der Waals surface area contributed by atoms with Crippen LogP contribution in [0.5, 0.6) is 0 Å². The van der Waals surface area contributed by atoms with E-state index < -0.39 is 23.5 Å². The van der Waals surface area contributed by atoms with Crippen LogP contribution in [0.3, 0.4) is 0 Å². The summed E-state index contributed by atoms with van der Waals surface area (Å²) in [5.74, 6) is 3.50. The highest BCUT2D eigenvalue weighted by atomic mass is 19.4. The number of benzene rings is 1. The first-order valence-corrected chi connectivity index (χ1v) is 6.07. The summed E-state index contributed by atoms with van der Waals surface area (Å²) in [5, 5.41) is 2.65. The number of hydrogen-bond acceptors (Lipinski definition) is 2. The van der Waals surface area contributed by atoms with Crippen molar-refractivity contribution in [1.82, 2.24) is 4.98 Å². The molecule has 0 fully saturated rings. The zero-order valence-electron chi connectivity index (χ0n) is 11.0. The Balaban J connectivity index is 2.02. The van der Waals surface area contributed by atoms with Crippen LogP contribution in [-0.2, 0) is 6.18 Å². The monoisotopic (exact) mass is 312 g/mol. The summed E-state index contributed by atoms with van der Waals surface area (Å²) in [6, 6.07) is 5.16. The highest BCUT2D eigenvalue weighted by molar-refractivity contribution is 5.45. The van der Waals surface area contributed by atoms with Crippen LogP contribution in [0.1, 0.15) is 11.3 Å². The molecule has 0 saturated heterocycles. The smallest absolute Gasteiger partial charge is 0.374 e. The normalized spacial score (nSPS) is 10.8. The molecule has 114 valence electrons. The molecule has 1 aromatic carbocycles. The van der Waals surface area contributed by atoms with E-state index in [1.54, 1.807) is 0 Å². The lowest BCUT2D eigenvalue weighted by molar-refractivity contribution is -0.141. The molecular weight excluding hydrogens is 303 g/mol. The van der Waals surface area contributed by atoms with Crippen molar-refractivity contribution >= 4 is 5.69 Å². The summed E-state index contributed by atoms with van der Waals surface area (Å²) in [4.78, 5) is 3.22. The molecule has 22 heavy (non-hydrogen) atoms. The second-order valence-corrected chi connectivity index (χ2v) is 4.21.